The van der Waals surface area contributed by atoms with Gasteiger partial charge in [-0.1, -0.05) is 62.7 Å². The Morgan fingerprint density at radius 1 is 1.10 bits per heavy atom. The standard InChI is InChI=1S/C25H31NO3/c1-3-14-25(15-13-18-9-6-5-7-10-18)17-22(27)23(24(28)29-25)21(4-2)19-11-8-12-20(26)16-19/h5-12,16,21,27H,3-4,13-15,17,26H2,1-2H3/t21-,25-/m1/s1. The van der Waals surface area contributed by atoms with Crippen LogP contribution in [0, 0.1) is 0 Å². The van der Waals surface area contributed by atoms with Crippen molar-refractivity contribution in [3.05, 3.63) is 77.1 Å². The van der Waals surface area contributed by atoms with Crippen molar-refractivity contribution in [2.75, 3.05) is 5.73 Å². The Morgan fingerprint density at radius 3 is 2.48 bits per heavy atom. The van der Waals surface area contributed by atoms with E-state index >= 15 is 0 Å². The van der Waals surface area contributed by atoms with Crippen LogP contribution < -0.4 is 5.73 Å². The highest BCUT2D eigenvalue weighted by molar-refractivity contribution is 5.92. The molecule has 2 aromatic rings. The smallest absolute Gasteiger partial charge is 0.338 e. The van der Waals surface area contributed by atoms with Crippen molar-refractivity contribution in [2.45, 2.75) is 63.9 Å². The van der Waals surface area contributed by atoms with Gasteiger partial charge in [0.1, 0.15) is 11.4 Å². The first-order valence-electron chi connectivity index (χ1n) is 10.5. The lowest BCUT2D eigenvalue weighted by atomic mass is 9.80. The fraction of sp³-hybridized carbons (Fsp3) is 0.400. The minimum atomic E-state index is -0.650. The van der Waals surface area contributed by atoms with Crippen LogP contribution in [0.2, 0.25) is 0 Å². The molecule has 0 aliphatic carbocycles. The average molecular weight is 394 g/mol. The molecule has 2 atom stereocenters. The van der Waals surface area contributed by atoms with Crippen LogP contribution in [0.15, 0.2) is 65.9 Å². The second-order valence-corrected chi connectivity index (χ2v) is 7.98. The zero-order valence-corrected chi connectivity index (χ0v) is 17.4. The summed E-state index contributed by atoms with van der Waals surface area (Å²) in [6, 6.07) is 17.7. The Morgan fingerprint density at radius 2 is 1.86 bits per heavy atom. The van der Waals surface area contributed by atoms with Crippen LogP contribution in [0.1, 0.15) is 63.0 Å². The number of nitrogen functional groups attached to an aromatic ring is 1. The van der Waals surface area contributed by atoms with E-state index in [1.54, 1.807) is 0 Å². The maximum Gasteiger partial charge on any atom is 0.338 e. The summed E-state index contributed by atoms with van der Waals surface area (Å²) in [5, 5.41) is 11.0. The van der Waals surface area contributed by atoms with Gasteiger partial charge in [0.2, 0.25) is 0 Å². The SMILES string of the molecule is CCC[C@@]1(CCc2ccccc2)CC(O)=C([C@H](CC)c2cccc(N)c2)C(=O)O1. The second-order valence-electron chi connectivity index (χ2n) is 7.98. The molecule has 2 aromatic carbocycles. The fourth-order valence-electron chi connectivity index (χ4n) is 4.41. The third-order valence-electron chi connectivity index (χ3n) is 5.82. The van der Waals surface area contributed by atoms with E-state index < -0.39 is 11.6 Å². The number of carbonyl (C=O) groups is 1. The number of hydrogen-bond acceptors (Lipinski definition) is 4. The molecule has 154 valence electrons. The third kappa shape index (κ3) is 4.81. The normalized spacial score (nSPS) is 20.4. The number of rotatable bonds is 8. The zero-order valence-electron chi connectivity index (χ0n) is 17.4. The molecule has 0 unspecified atom stereocenters. The van der Waals surface area contributed by atoms with Gasteiger partial charge in [0.25, 0.3) is 0 Å². The van der Waals surface area contributed by atoms with E-state index in [-0.39, 0.29) is 11.7 Å². The molecule has 1 aliphatic rings. The average Bonchev–Trinajstić information content (AvgIpc) is 2.70. The van der Waals surface area contributed by atoms with Gasteiger partial charge in [0.15, 0.2) is 0 Å². The number of anilines is 1. The van der Waals surface area contributed by atoms with E-state index in [4.69, 9.17) is 10.5 Å². The van der Waals surface area contributed by atoms with Gasteiger partial charge in [-0.15, -0.1) is 0 Å². The largest absolute Gasteiger partial charge is 0.512 e. The summed E-state index contributed by atoms with van der Waals surface area (Å²) in [4.78, 5) is 13.1. The number of carbonyl (C=O) groups excluding carboxylic acids is 1. The highest BCUT2D eigenvalue weighted by Crippen LogP contribution is 2.42. The van der Waals surface area contributed by atoms with Crippen LogP contribution in [0.4, 0.5) is 5.69 Å². The summed E-state index contributed by atoms with van der Waals surface area (Å²) in [5.41, 5.74) is 8.45. The quantitative estimate of drug-likeness (QED) is 0.446. The van der Waals surface area contributed by atoms with Crippen molar-refractivity contribution >= 4 is 11.7 Å². The van der Waals surface area contributed by atoms with Crippen molar-refractivity contribution in [3.8, 4) is 0 Å². The van der Waals surface area contributed by atoms with Crippen LogP contribution in [0.5, 0.6) is 0 Å². The lowest BCUT2D eigenvalue weighted by Crippen LogP contribution is -2.41. The van der Waals surface area contributed by atoms with Crippen LogP contribution >= 0.6 is 0 Å². The van der Waals surface area contributed by atoms with Crippen molar-refractivity contribution in [2.24, 2.45) is 0 Å². The minimum absolute atomic E-state index is 0.164. The highest BCUT2D eigenvalue weighted by atomic mass is 16.6. The number of aryl methyl sites for hydroxylation is 1. The molecule has 0 saturated heterocycles. The summed E-state index contributed by atoms with van der Waals surface area (Å²) in [6.45, 7) is 4.08. The van der Waals surface area contributed by atoms with Crippen molar-refractivity contribution < 1.29 is 14.6 Å². The summed E-state index contributed by atoms with van der Waals surface area (Å²) in [6.07, 6.45) is 4.18. The molecule has 1 aliphatic heterocycles. The number of hydrogen-bond donors (Lipinski definition) is 2. The number of ether oxygens (including phenoxy) is 1. The Bertz CT molecular complexity index is 875. The van der Waals surface area contributed by atoms with Gasteiger partial charge in [-0.2, -0.15) is 0 Å². The summed E-state index contributed by atoms with van der Waals surface area (Å²) in [5.74, 6) is -0.457. The van der Waals surface area contributed by atoms with E-state index in [2.05, 4.69) is 19.1 Å². The van der Waals surface area contributed by atoms with Gasteiger partial charge >= 0.3 is 5.97 Å². The molecule has 0 aromatic heterocycles. The van der Waals surface area contributed by atoms with Crippen LogP contribution in [0.3, 0.4) is 0 Å². The number of aliphatic hydroxyl groups excluding tert-OH is 1. The van der Waals surface area contributed by atoms with Gasteiger partial charge < -0.3 is 15.6 Å². The van der Waals surface area contributed by atoms with Gasteiger partial charge in [-0.3, -0.25) is 0 Å². The molecule has 0 saturated carbocycles. The second kappa shape index (κ2) is 9.17. The molecule has 29 heavy (non-hydrogen) atoms. The van der Waals surface area contributed by atoms with Crippen molar-refractivity contribution in [1.29, 1.82) is 0 Å². The van der Waals surface area contributed by atoms with Gasteiger partial charge in [0, 0.05) is 18.0 Å². The Kier molecular flexibility index (Phi) is 6.63. The Balaban J connectivity index is 1.87. The van der Waals surface area contributed by atoms with E-state index in [9.17, 15) is 9.90 Å². The highest BCUT2D eigenvalue weighted by Gasteiger charge is 2.43. The molecule has 3 rings (SSSR count). The molecule has 4 heteroatoms. The number of esters is 1. The van der Waals surface area contributed by atoms with Crippen LogP contribution in [0.25, 0.3) is 0 Å². The third-order valence-corrected chi connectivity index (χ3v) is 5.82. The predicted molar refractivity (Wildman–Crippen MR) is 117 cm³/mol. The van der Waals surface area contributed by atoms with Crippen molar-refractivity contribution in [1.82, 2.24) is 0 Å². The topological polar surface area (TPSA) is 72.5 Å². The molecule has 1 heterocycles. The lowest BCUT2D eigenvalue weighted by Gasteiger charge is -2.38. The fourth-order valence-corrected chi connectivity index (χ4v) is 4.41. The maximum absolute atomic E-state index is 13.1. The molecular formula is C25H31NO3. The van der Waals surface area contributed by atoms with E-state index in [1.807, 2.05) is 49.4 Å². The van der Waals surface area contributed by atoms with Crippen LogP contribution in [-0.2, 0) is 16.0 Å². The zero-order chi connectivity index (χ0) is 20.9. The summed E-state index contributed by atoms with van der Waals surface area (Å²) in [7, 11) is 0. The Hall–Kier alpha value is -2.75. The molecule has 0 radical (unpaired) electrons. The van der Waals surface area contributed by atoms with Gasteiger partial charge in [0.05, 0.1) is 5.57 Å². The molecule has 0 fully saturated rings. The van der Waals surface area contributed by atoms with Crippen molar-refractivity contribution in [3.63, 3.8) is 0 Å². The first-order valence-corrected chi connectivity index (χ1v) is 10.5. The number of cyclic esters (lactones) is 1. The van der Waals surface area contributed by atoms with E-state index in [0.29, 0.717) is 30.5 Å². The molecule has 0 bridgehead atoms. The molecule has 4 nitrogen and oxygen atoms in total. The molecular weight excluding hydrogens is 362 g/mol. The van der Waals surface area contributed by atoms with Gasteiger partial charge in [-0.25, -0.2) is 4.79 Å². The first-order chi connectivity index (χ1) is 14.0. The number of aliphatic hydroxyl groups is 1. The molecule has 0 spiro atoms. The lowest BCUT2D eigenvalue weighted by molar-refractivity contribution is -0.161. The van der Waals surface area contributed by atoms with E-state index in [1.165, 1.54) is 5.56 Å². The van der Waals surface area contributed by atoms with Gasteiger partial charge in [-0.05, 0) is 48.9 Å². The molecule has 3 N–H and O–H groups in total. The number of nitrogens with two attached hydrogens (primary N) is 1. The number of benzene rings is 2. The molecule has 0 amide bonds. The first kappa shape index (κ1) is 21.0. The summed E-state index contributed by atoms with van der Waals surface area (Å²) < 4.78 is 6.07. The monoisotopic (exact) mass is 393 g/mol. The van der Waals surface area contributed by atoms with Crippen LogP contribution in [-0.4, -0.2) is 16.7 Å². The Labute approximate surface area is 173 Å². The minimum Gasteiger partial charge on any atom is -0.512 e. The maximum atomic E-state index is 13.1. The predicted octanol–water partition coefficient (Wildman–Crippen LogP) is 5.69. The van der Waals surface area contributed by atoms with E-state index in [0.717, 1.165) is 24.8 Å². The summed E-state index contributed by atoms with van der Waals surface area (Å²) >= 11 is 0.